The molecule has 0 amide bonds. The highest BCUT2D eigenvalue weighted by atomic mass is 32.1. The average Bonchev–Trinajstić information content (AvgIpc) is 2.96. The molecule has 0 aliphatic heterocycles. The van der Waals surface area contributed by atoms with Gasteiger partial charge in [-0.25, -0.2) is 0 Å². The number of nitrogens with zero attached hydrogens (tertiary/aromatic N) is 1. The highest BCUT2D eigenvalue weighted by Crippen LogP contribution is 2.32. The third kappa shape index (κ3) is 2.41. The second-order valence-electron chi connectivity index (χ2n) is 4.93. The Hall–Kier alpha value is -1.35. The number of hydrogen-bond donors (Lipinski definition) is 0. The van der Waals surface area contributed by atoms with Crippen LogP contribution < -0.4 is 0 Å². The number of carbonyl (C=O) groups is 1. The number of aromatic nitrogens is 1. The highest BCUT2D eigenvalue weighted by molar-refractivity contribution is 7.11. The maximum Gasteiger partial charge on any atom is 0.167 e. The van der Waals surface area contributed by atoms with Gasteiger partial charge in [0.05, 0.1) is 6.54 Å². The summed E-state index contributed by atoms with van der Waals surface area (Å²) in [4.78, 5) is 14.7. The van der Waals surface area contributed by atoms with Gasteiger partial charge in [-0.2, -0.15) is 0 Å². The second-order valence-corrected chi connectivity index (χ2v) is 6.19. The maximum atomic E-state index is 11.9. The lowest BCUT2D eigenvalue weighted by Gasteiger charge is -1.99. The number of ketones is 1. The van der Waals surface area contributed by atoms with Crippen LogP contribution in [0.5, 0.6) is 0 Å². The number of aryl methyl sites for hydroxylation is 1. The lowest BCUT2D eigenvalue weighted by atomic mass is 10.1. The van der Waals surface area contributed by atoms with E-state index in [-0.39, 0.29) is 0 Å². The van der Waals surface area contributed by atoms with Crippen LogP contribution in [0.15, 0.2) is 30.6 Å². The predicted molar refractivity (Wildman–Crippen MR) is 74.3 cm³/mol. The van der Waals surface area contributed by atoms with Crippen molar-refractivity contribution in [1.82, 2.24) is 4.57 Å². The zero-order chi connectivity index (χ0) is 12.5. The Morgan fingerprint density at radius 3 is 2.78 bits per heavy atom. The molecule has 0 radical (unpaired) electrons. The first-order chi connectivity index (χ1) is 8.76. The SMILES string of the molecule is CCc1ccc(Cn2ccc(C(=O)C3CC3)c2)s1. The first-order valence-corrected chi connectivity index (χ1v) is 7.35. The van der Waals surface area contributed by atoms with Gasteiger partial charge in [0.15, 0.2) is 5.78 Å². The van der Waals surface area contributed by atoms with Crippen LogP contribution in [-0.4, -0.2) is 10.4 Å². The standard InChI is InChI=1S/C15H17NOS/c1-2-13-5-6-14(18-13)10-16-8-7-12(9-16)15(17)11-3-4-11/h5-9,11H,2-4,10H2,1H3. The molecule has 3 heteroatoms. The zero-order valence-electron chi connectivity index (χ0n) is 10.6. The van der Waals surface area contributed by atoms with E-state index in [4.69, 9.17) is 0 Å². The van der Waals surface area contributed by atoms with E-state index in [9.17, 15) is 4.79 Å². The van der Waals surface area contributed by atoms with Gasteiger partial charge < -0.3 is 4.57 Å². The molecule has 1 aliphatic carbocycles. The van der Waals surface area contributed by atoms with E-state index in [1.165, 1.54) is 9.75 Å². The van der Waals surface area contributed by atoms with E-state index in [2.05, 4.69) is 23.6 Å². The molecule has 0 saturated heterocycles. The van der Waals surface area contributed by atoms with Crippen LogP contribution in [0.1, 0.15) is 39.9 Å². The lowest BCUT2D eigenvalue weighted by Crippen LogP contribution is -2.00. The van der Waals surface area contributed by atoms with Crippen LogP contribution in [0.25, 0.3) is 0 Å². The van der Waals surface area contributed by atoms with Crippen molar-refractivity contribution in [3.05, 3.63) is 45.9 Å². The fraction of sp³-hybridized carbons (Fsp3) is 0.400. The molecule has 2 aromatic heterocycles. The van der Waals surface area contributed by atoms with Crippen LogP contribution >= 0.6 is 11.3 Å². The van der Waals surface area contributed by atoms with E-state index in [1.54, 1.807) is 0 Å². The van der Waals surface area contributed by atoms with Gasteiger partial charge >= 0.3 is 0 Å². The van der Waals surface area contributed by atoms with Crippen LogP contribution in [0.3, 0.4) is 0 Å². The number of thiophene rings is 1. The van der Waals surface area contributed by atoms with Gasteiger partial charge in [0.1, 0.15) is 0 Å². The summed E-state index contributed by atoms with van der Waals surface area (Å²) in [5.41, 5.74) is 0.879. The molecule has 1 fully saturated rings. The molecule has 0 unspecified atom stereocenters. The normalized spacial score (nSPS) is 14.9. The molecule has 0 aromatic carbocycles. The smallest absolute Gasteiger partial charge is 0.167 e. The summed E-state index contributed by atoms with van der Waals surface area (Å²) in [6, 6.07) is 6.33. The lowest BCUT2D eigenvalue weighted by molar-refractivity contribution is 0.0967. The van der Waals surface area contributed by atoms with Crippen LogP contribution in [0.2, 0.25) is 0 Å². The van der Waals surface area contributed by atoms with E-state index >= 15 is 0 Å². The topological polar surface area (TPSA) is 22.0 Å². The molecule has 94 valence electrons. The van der Waals surface area contributed by atoms with Crippen molar-refractivity contribution in [2.45, 2.75) is 32.7 Å². The minimum absolute atomic E-state index is 0.314. The summed E-state index contributed by atoms with van der Waals surface area (Å²) < 4.78 is 2.11. The summed E-state index contributed by atoms with van der Waals surface area (Å²) >= 11 is 1.86. The van der Waals surface area contributed by atoms with E-state index in [1.807, 2.05) is 29.8 Å². The Morgan fingerprint density at radius 1 is 1.33 bits per heavy atom. The molecule has 2 heterocycles. The Kier molecular flexibility index (Phi) is 3.08. The Labute approximate surface area is 111 Å². The summed E-state index contributed by atoms with van der Waals surface area (Å²) in [6.07, 6.45) is 7.26. The number of hydrogen-bond acceptors (Lipinski definition) is 2. The van der Waals surface area contributed by atoms with Crippen molar-refractivity contribution in [3.8, 4) is 0 Å². The molecule has 3 rings (SSSR count). The minimum Gasteiger partial charge on any atom is -0.348 e. The largest absolute Gasteiger partial charge is 0.348 e. The third-order valence-corrected chi connectivity index (χ3v) is 4.60. The number of rotatable bonds is 5. The molecule has 2 aromatic rings. The van der Waals surface area contributed by atoms with Gasteiger partial charge in [0.2, 0.25) is 0 Å². The first-order valence-electron chi connectivity index (χ1n) is 6.54. The third-order valence-electron chi connectivity index (χ3n) is 3.39. The van der Waals surface area contributed by atoms with Crippen molar-refractivity contribution >= 4 is 17.1 Å². The van der Waals surface area contributed by atoms with Gasteiger partial charge in [-0.15, -0.1) is 11.3 Å². The quantitative estimate of drug-likeness (QED) is 0.749. The molecule has 0 N–H and O–H groups in total. The fourth-order valence-corrected chi connectivity index (χ4v) is 3.11. The van der Waals surface area contributed by atoms with Crippen molar-refractivity contribution in [2.24, 2.45) is 5.92 Å². The molecule has 0 bridgehead atoms. The van der Waals surface area contributed by atoms with Gasteiger partial charge in [-0.3, -0.25) is 4.79 Å². The molecular formula is C15H17NOS. The fourth-order valence-electron chi connectivity index (χ4n) is 2.14. The van der Waals surface area contributed by atoms with E-state index < -0.39 is 0 Å². The zero-order valence-corrected chi connectivity index (χ0v) is 11.4. The van der Waals surface area contributed by atoms with Crippen molar-refractivity contribution in [3.63, 3.8) is 0 Å². The Bertz CT molecular complexity index is 563. The Balaban J connectivity index is 1.71. The molecular weight excluding hydrogens is 242 g/mol. The number of carbonyl (C=O) groups excluding carboxylic acids is 1. The monoisotopic (exact) mass is 259 g/mol. The highest BCUT2D eigenvalue weighted by Gasteiger charge is 2.30. The van der Waals surface area contributed by atoms with Gasteiger partial charge in [0.25, 0.3) is 0 Å². The Morgan fingerprint density at radius 2 is 2.11 bits per heavy atom. The summed E-state index contributed by atoms with van der Waals surface area (Å²) in [6.45, 7) is 3.06. The van der Waals surface area contributed by atoms with Crippen molar-refractivity contribution in [1.29, 1.82) is 0 Å². The molecule has 1 saturated carbocycles. The summed E-state index contributed by atoms with van der Waals surface area (Å²) in [5, 5.41) is 0. The van der Waals surface area contributed by atoms with E-state index in [0.29, 0.717) is 11.7 Å². The summed E-state index contributed by atoms with van der Waals surface area (Å²) in [7, 11) is 0. The van der Waals surface area contributed by atoms with Crippen LogP contribution in [0.4, 0.5) is 0 Å². The minimum atomic E-state index is 0.314. The molecule has 18 heavy (non-hydrogen) atoms. The predicted octanol–water partition coefficient (Wildman–Crippen LogP) is 3.75. The molecule has 0 spiro atoms. The molecule has 2 nitrogen and oxygen atoms in total. The molecule has 1 aliphatic rings. The van der Waals surface area contributed by atoms with Gasteiger partial charge in [-0.1, -0.05) is 6.92 Å². The molecule has 0 atom stereocenters. The van der Waals surface area contributed by atoms with Crippen LogP contribution in [0, 0.1) is 5.92 Å². The number of Topliss-reactive ketones (excluding diaryl/α,β-unsaturated/α-hetero) is 1. The van der Waals surface area contributed by atoms with Crippen LogP contribution in [-0.2, 0) is 13.0 Å². The van der Waals surface area contributed by atoms with Crippen molar-refractivity contribution in [2.75, 3.05) is 0 Å². The van der Waals surface area contributed by atoms with Gasteiger partial charge in [0, 0.05) is 33.6 Å². The maximum absolute atomic E-state index is 11.9. The van der Waals surface area contributed by atoms with E-state index in [0.717, 1.165) is 31.4 Å². The van der Waals surface area contributed by atoms with Crippen molar-refractivity contribution < 1.29 is 4.79 Å². The van der Waals surface area contributed by atoms with Gasteiger partial charge in [-0.05, 0) is 37.5 Å². The summed E-state index contributed by atoms with van der Waals surface area (Å²) in [5.74, 6) is 0.642. The second kappa shape index (κ2) is 4.73. The average molecular weight is 259 g/mol. The first kappa shape index (κ1) is 11.7.